The van der Waals surface area contributed by atoms with Gasteiger partial charge in [-0.3, -0.25) is 14.4 Å². The van der Waals surface area contributed by atoms with E-state index < -0.39 is 6.10 Å². The summed E-state index contributed by atoms with van der Waals surface area (Å²) in [5.41, 5.74) is 0. The Labute approximate surface area is 403 Å². The Balaban J connectivity index is 4.38. The zero-order chi connectivity index (χ0) is 47.2. The first-order valence-electron chi connectivity index (χ1n) is 28.1. The van der Waals surface area contributed by atoms with E-state index in [4.69, 9.17) is 14.2 Å². The summed E-state index contributed by atoms with van der Waals surface area (Å²) < 4.78 is 16.8. The molecule has 0 unspecified atom stereocenters. The molecule has 0 heterocycles. The van der Waals surface area contributed by atoms with Crippen molar-refractivity contribution in [1.82, 2.24) is 0 Å². The number of unbranched alkanes of at least 4 members (excludes halogenated alkanes) is 32. The molecule has 6 nitrogen and oxygen atoms in total. The van der Waals surface area contributed by atoms with Gasteiger partial charge in [-0.2, -0.15) is 0 Å². The summed E-state index contributed by atoms with van der Waals surface area (Å²) in [5.74, 6) is -0.935. The van der Waals surface area contributed by atoms with E-state index in [0.717, 1.165) is 57.8 Å². The number of ether oxygens (including phenoxy) is 3. The maximum absolute atomic E-state index is 12.8. The van der Waals surface area contributed by atoms with Crippen molar-refractivity contribution in [2.24, 2.45) is 0 Å². The first kappa shape index (κ1) is 62.4. The minimum atomic E-state index is -0.797. The second kappa shape index (κ2) is 54.0. The van der Waals surface area contributed by atoms with Crippen molar-refractivity contribution in [3.63, 3.8) is 0 Å². The molecule has 65 heavy (non-hydrogen) atoms. The molecule has 0 aromatic heterocycles. The van der Waals surface area contributed by atoms with Gasteiger partial charge in [-0.25, -0.2) is 0 Å². The molecule has 0 N–H and O–H groups in total. The van der Waals surface area contributed by atoms with E-state index in [2.05, 4.69) is 69.4 Å². The Morgan fingerprint density at radius 2 is 0.569 bits per heavy atom. The summed E-state index contributed by atoms with van der Waals surface area (Å²) in [5, 5.41) is 0. The lowest BCUT2D eigenvalue weighted by Crippen LogP contribution is -2.30. The largest absolute Gasteiger partial charge is 0.462 e. The van der Waals surface area contributed by atoms with Crippen LogP contribution in [0.4, 0.5) is 0 Å². The van der Waals surface area contributed by atoms with Crippen LogP contribution in [0.15, 0.2) is 48.6 Å². The monoisotopic (exact) mass is 911 g/mol. The van der Waals surface area contributed by atoms with Crippen LogP contribution in [0, 0.1) is 0 Å². The molecule has 0 aliphatic heterocycles. The molecule has 6 heteroatoms. The van der Waals surface area contributed by atoms with Gasteiger partial charge in [0.15, 0.2) is 6.10 Å². The topological polar surface area (TPSA) is 78.9 Å². The van der Waals surface area contributed by atoms with Gasteiger partial charge in [0.25, 0.3) is 0 Å². The van der Waals surface area contributed by atoms with Crippen LogP contribution in [-0.4, -0.2) is 37.2 Å². The molecule has 0 spiro atoms. The highest BCUT2D eigenvalue weighted by atomic mass is 16.6. The van der Waals surface area contributed by atoms with Gasteiger partial charge < -0.3 is 14.2 Å². The van der Waals surface area contributed by atoms with Crippen LogP contribution < -0.4 is 0 Å². The van der Waals surface area contributed by atoms with Crippen molar-refractivity contribution in [2.75, 3.05) is 13.2 Å². The molecule has 0 saturated carbocycles. The third kappa shape index (κ3) is 52.2. The molecule has 1 atom stereocenters. The van der Waals surface area contributed by atoms with Crippen molar-refractivity contribution >= 4 is 17.9 Å². The summed E-state index contributed by atoms with van der Waals surface area (Å²) >= 11 is 0. The summed E-state index contributed by atoms with van der Waals surface area (Å²) in [6.07, 6.45) is 65.4. The molecule has 0 saturated heterocycles. The number of rotatable bonds is 51. The van der Waals surface area contributed by atoms with E-state index in [9.17, 15) is 14.4 Å². The van der Waals surface area contributed by atoms with Crippen LogP contribution in [0.2, 0.25) is 0 Å². The Morgan fingerprint density at radius 3 is 0.923 bits per heavy atom. The van der Waals surface area contributed by atoms with E-state index in [1.807, 2.05) is 0 Å². The van der Waals surface area contributed by atoms with Crippen LogP contribution >= 0.6 is 0 Å². The van der Waals surface area contributed by atoms with Crippen LogP contribution in [0.25, 0.3) is 0 Å². The summed E-state index contributed by atoms with van der Waals surface area (Å²) in [7, 11) is 0. The molecule has 0 aromatic carbocycles. The number of allylic oxidation sites excluding steroid dienone is 8. The van der Waals surface area contributed by atoms with Crippen LogP contribution in [0.3, 0.4) is 0 Å². The maximum Gasteiger partial charge on any atom is 0.306 e. The van der Waals surface area contributed by atoms with E-state index in [0.29, 0.717) is 19.3 Å². The molecule has 0 rings (SSSR count). The number of hydrogen-bond acceptors (Lipinski definition) is 6. The van der Waals surface area contributed by atoms with Gasteiger partial charge in [0.1, 0.15) is 13.2 Å². The van der Waals surface area contributed by atoms with Crippen molar-refractivity contribution < 1.29 is 28.6 Å². The van der Waals surface area contributed by atoms with Gasteiger partial charge in [-0.05, 0) is 77.0 Å². The van der Waals surface area contributed by atoms with Crippen LogP contribution in [0.1, 0.15) is 290 Å². The van der Waals surface area contributed by atoms with Gasteiger partial charge in [-0.15, -0.1) is 0 Å². The normalized spacial score (nSPS) is 12.4. The Kier molecular flexibility index (Phi) is 51.8. The lowest BCUT2D eigenvalue weighted by Gasteiger charge is -2.18. The van der Waals surface area contributed by atoms with Crippen molar-refractivity contribution in [3.8, 4) is 0 Å². The molecular formula is C59H106O6. The quantitative estimate of drug-likeness (QED) is 0.0262. The highest BCUT2D eigenvalue weighted by molar-refractivity contribution is 5.71. The Hall–Kier alpha value is -2.63. The lowest BCUT2D eigenvalue weighted by atomic mass is 10.1. The number of carbonyl (C=O) groups excluding carboxylic acids is 3. The lowest BCUT2D eigenvalue weighted by molar-refractivity contribution is -0.167. The maximum atomic E-state index is 12.8. The van der Waals surface area contributed by atoms with E-state index in [1.54, 1.807) is 0 Å². The first-order valence-corrected chi connectivity index (χ1v) is 28.1. The predicted molar refractivity (Wildman–Crippen MR) is 279 cm³/mol. The molecule has 378 valence electrons. The second-order valence-corrected chi connectivity index (χ2v) is 18.8. The minimum Gasteiger partial charge on any atom is -0.462 e. The standard InChI is InChI=1S/C59H106O6/c1-4-7-10-13-16-19-22-24-26-28-29-31-32-34-37-40-43-46-49-52-58(61)64-55-56(54-63-57(60)51-48-45-42-39-36-21-18-15-12-9-6-3)65-59(62)53-50-47-44-41-38-35-33-30-27-25-23-20-17-14-11-8-5-2/h24-27,33,35,41,44,56H,4-23,28-32,34,36-40,42-43,45-55H2,1-3H3/b26-24-,27-25-,35-33-,44-41-/t56-/m0/s1. The molecule has 0 aromatic rings. The van der Waals surface area contributed by atoms with Crippen molar-refractivity contribution in [3.05, 3.63) is 48.6 Å². The average molecular weight is 911 g/mol. The molecule has 0 radical (unpaired) electrons. The average Bonchev–Trinajstić information content (AvgIpc) is 3.30. The highest BCUT2D eigenvalue weighted by Gasteiger charge is 2.19. The zero-order valence-corrected chi connectivity index (χ0v) is 43.3. The van der Waals surface area contributed by atoms with Gasteiger partial charge in [0.2, 0.25) is 0 Å². The molecule has 0 bridgehead atoms. The molecular weight excluding hydrogens is 805 g/mol. The molecule has 0 amide bonds. The summed E-state index contributed by atoms with van der Waals surface area (Å²) in [6.45, 7) is 6.60. The minimum absolute atomic E-state index is 0.0910. The van der Waals surface area contributed by atoms with Crippen molar-refractivity contribution in [2.45, 2.75) is 297 Å². The third-order valence-electron chi connectivity index (χ3n) is 12.3. The van der Waals surface area contributed by atoms with Crippen molar-refractivity contribution in [1.29, 1.82) is 0 Å². The zero-order valence-electron chi connectivity index (χ0n) is 43.3. The van der Waals surface area contributed by atoms with Gasteiger partial charge in [-0.1, -0.05) is 243 Å². The fourth-order valence-electron chi connectivity index (χ4n) is 8.04. The third-order valence-corrected chi connectivity index (χ3v) is 12.3. The molecule has 0 aliphatic carbocycles. The van der Waals surface area contributed by atoms with Crippen LogP contribution in [-0.2, 0) is 28.6 Å². The summed E-state index contributed by atoms with van der Waals surface area (Å²) in [4.78, 5) is 38.0. The fourth-order valence-corrected chi connectivity index (χ4v) is 8.04. The van der Waals surface area contributed by atoms with E-state index in [-0.39, 0.29) is 37.5 Å². The Bertz CT molecular complexity index is 1140. The smallest absolute Gasteiger partial charge is 0.306 e. The first-order chi connectivity index (χ1) is 32.0. The van der Waals surface area contributed by atoms with E-state index >= 15 is 0 Å². The van der Waals surface area contributed by atoms with Crippen LogP contribution in [0.5, 0.6) is 0 Å². The fraction of sp³-hybridized carbons (Fsp3) is 0.814. The molecule has 0 fully saturated rings. The van der Waals surface area contributed by atoms with E-state index in [1.165, 1.54) is 186 Å². The number of hydrogen-bond donors (Lipinski definition) is 0. The van der Waals surface area contributed by atoms with Gasteiger partial charge in [0, 0.05) is 19.3 Å². The summed E-state index contributed by atoms with van der Waals surface area (Å²) in [6, 6.07) is 0. The number of carbonyl (C=O) groups is 3. The van der Waals surface area contributed by atoms with Gasteiger partial charge >= 0.3 is 17.9 Å². The number of esters is 3. The predicted octanol–water partition coefficient (Wildman–Crippen LogP) is 18.7. The second-order valence-electron chi connectivity index (χ2n) is 18.8. The Morgan fingerprint density at radius 1 is 0.308 bits per heavy atom. The SMILES string of the molecule is CCCCCCCC/C=C\C/C=C\C/C=C\CCCC(=O)O[C@H](COC(=O)CCCCCCCCCCC/C=C\CCCCCCCC)COC(=O)CCCCCCCCCCCCC. The highest BCUT2D eigenvalue weighted by Crippen LogP contribution is 2.15. The van der Waals surface area contributed by atoms with Gasteiger partial charge in [0.05, 0.1) is 0 Å². The molecule has 0 aliphatic rings.